The van der Waals surface area contributed by atoms with Crippen LogP contribution in [0.25, 0.3) is 89.0 Å². The molecule has 3 aromatic heterocycles. The fourth-order valence-electron chi connectivity index (χ4n) is 9.76. The summed E-state index contributed by atoms with van der Waals surface area (Å²) >= 11 is 0. The second kappa shape index (κ2) is 12.6. The molecule has 7 aromatic carbocycles. The largest absolute Gasteiger partial charge is 0.482 e. The Labute approximate surface area is 334 Å². The molecular weight excluding hydrogens is 713 g/mol. The summed E-state index contributed by atoms with van der Waals surface area (Å²) in [5.74, 6) is 2.86. The minimum atomic E-state index is -0.506. The first-order valence-electron chi connectivity index (χ1n) is 19.9. The maximum atomic E-state index is 6.95. The summed E-state index contributed by atoms with van der Waals surface area (Å²) in [6.07, 6.45) is 5.50. The van der Waals surface area contributed by atoms with Crippen LogP contribution >= 0.6 is 0 Å². The monoisotopic (exact) mass is 748 g/mol. The van der Waals surface area contributed by atoms with Gasteiger partial charge in [0.05, 0.1) is 5.92 Å². The maximum Gasteiger partial charge on any atom is 0.164 e. The van der Waals surface area contributed by atoms with E-state index < -0.39 is 5.60 Å². The highest BCUT2D eigenvalue weighted by Gasteiger charge is 2.51. The molecule has 0 saturated heterocycles. The van der Waals surface area contributed by atoms with E-state index in [-0.39, 0.29) is 12.0 Å². The normalized spacial score (nSPS) is 18.5. The number of benzene rings is 7. The molecule has 0 saturated carbocycles. The molecule has 0 radical (unpaired) electrons. The molecule has 3 atom stereocenters. The summed E-state index contributed by atoms with van der Waals surface area (Å²) in [4.78, 5) is 15.1. The molecule has 4 heterocycles. The van der Waals surface area contributed by atoms with Crippen molar-refractivity contribution in [2.24, 2.45) is 0 Å². The van der Waals surface area contributed by atoms with Gasteiger partial charge in [0.25, 0.3) is 0 Å². The number of para-hydroxylation sites is 2. The van der Waals surface area contributed by atoms with E-state index in [2.05, 4.69) is 115 Å². The predicted octanol–water partition coefficient (Wildman–Crippen LogP) is 13.0. The highest BCUT2D eigenvalue weighted by molar-refractivity contribution is 6.12. The van der Waals surface area contributed by atoms with Gasteiger partial charge in [-0.3, -0.25) is 0 Å². The van der Waals surface area contributed by atoms with Crippen LogP contribution < -0.4 is 4.74 Å². The van der Waals surface area contributed by atoms with E-state index in [0.29, 0.717) is 17.5 Å². The summed E-state index contributed by atoms with van der Waals surface area (Å²) in [5.41, 5.74) is 9.84. The van der Waals surface area contributed by atoms with E-state index in [1.54, 1.807) is 0 Å². The van der Waals surface area contributed by atoms with Crippen LogP contribution in [-0.2, 0) is 0 Å². The number of hydrogen-bond donors (Lipinski definition) is 0. The third-order valence-electron chi connectivity index (χ3n) is 12.2. The van der Waals surface area contributed by atoms with Crippen molar-refractivity contribution in [2.45, 2.75) is 30.9 Å². The number of furan rings is 1. The molecule has 0 N–H and O–H groups in total. The van der Waals surface area contributed by atoms with Crippen molar-refractivity contribution in [1.29, 1.82) is 0 Å². The molecule has 0 amide bonds. The van der Waals surface area contributed by atoms with Crippen LogP contribution in [0.2, 0.25) is 0 Å². The van der Waals surface area contributed by atoms with Gasteiger partial charge in [-0.1, -0.05) is 133 Å². The average molecular weight is 749 g/mol. The predicted molar refractivity (Wildman–Crippen MR) is 233 cm³/mol. The van der Waals surface area contributed by atoms with Gasteiger partial charge in [-0.25, -0.2) is 15.0 Å². The quantitative estimate of drug-likeness (QED) is 0.164. The van der Waals surface area contributed by atoms with Gasteiger partial charge in [0.15, 0.2) is 17.5 Å². The van der Waals surface area contributed by atoms with Crippen molar-refractivity contribution in [1.82, 2.24) is 19.5 Å². The molecule has 58 heavy (non-hydrogen) atoms. The first kappa shape index (κ1) is 32.9. The Bertz CT molecular complexity index is 3160. The maximum absolute atomic E-state index is 6.95. The molecule has 6 nitrogen and oxygen atoms in total. The molecule has 276 valence electrons. The molecule has 1 aliphatic carbocycles. The van der Waals surface area contributed by atoms with Crippen LogP contribution in [-0.4, -0.2) is 25.1 Å². The topological polar surface area (TPSA) is 66.0 Å². The first-order chi connectivity index (χ1) is 28.6. The minimum Gasteiger partial charge on any atom is -0.482 e. The van der Waals surface area contributed by atoms with Crippen LogP contribution in [0.4, 0.5) is 0 Å². The molecule has 0 fully saturated rings. The van der Waals surface area contributed by atoms with Crippen molar-refractivity contribution in [2.75, 3.05) is 0 Å². The number of aromatic nitrogens is 4. The van der Waals surface area contributed by atoms with Gasteiger partial charge >= 0.3 is 0 Å². The van der Waals surface area contributed by atoms with Crippen LogP contribution in [0.15, 0.2) is 180 Å². The third-order valence-corrected chi connectivity index (χ3v) is 12.2. The molecule has 6 heteroatoms. The Morgan fingerprint density at radius 3 is 1.88 bits per heavy atom. The first-order valence-corrected chi connectivity index (χ1v) is 19.9. The zero-order valence-electron chi connectivity index (χ0n) is 31.7. The van der Waals surface area contributed by atoms with Gasteiger partial charge in [-0.15, -0.1) is 0 Å². The van der Waals surface area contributed by atoms with Gasteiger partial charge in [0.2, 0.25) is 0 Å². The highest BCUT2D eigenvalue weighted by atomic mass is 16.5. The molecule has 3 unspecified atom stereocenters. The zero-order valence-corrected chi connectivity index (χ0v) is 31.7. The minimum absolute atomic E-state index is 0.0716. The number of hydrogen-bond acceptors (Lipinski definition) is 5. The van der Waals surface area contributed by atoms with E-state index in [1.165, 1.54) is 27.4 Å². The number of fused-ring (bicyclic) bond motifs is 9. The standard InChI is InChI=1S/C52H36N4O2/c1-52-30-14-25-42(56-40-23-10-8-19-36(40)37-20-9-11-24-41(37)56)48(52)47-35(21-12-27-44(47)58-52)34-28-29-38-45(31-34)57-43-26-13-22-39(46(38)43)51-54-49(32-15-4-2-5-16-32)53-50(55-51)33-17-6-3-7-18-33/h2-24,26-31,42,48H,25H2,1H3. The lowest BCUT2D eigenvalue weighted by atomic mass is 9.73. The van der Waals surface area contributed by atoms with E-state index in [4.69, 9.17) is 24.1 Å². The molecule has 0 bridgehead atoms. The molecule has 2 aliphatic rings. The lowest BCUT2D eigenvalue weighted by Gasteiger charge is -2.38. The number of rotatable bonds is 5. The van der Waals surface area contributed by atoms with E-state index in [9.17, 15) is 0 Å². The molecular formula is C52H36N4O2. The second-order valence-corrected chi connectivity index (χ2v) is 15.6. The summed E-state index contributed by atoms with van der Waals surface area (Å²) in [6.45, 7) is 2.25. The van der Waals surface area contributed by atoms with Crippen LogP contribution in [0.5, 0.6) is 5.75 Å². The fourth-order valence-corrected chi connectivity index (χ4v) is 9.76. The lowest BCUT2D eigenvalue weighted by Crippen LogP contribution is -2.39. The van der Waals surface area contributed by atoms with E-state index >= 15 is 0 Å². The Kier molecular flexibility index (Phi) is 7.14. The smallest absolute Gasteiger partial charge is 0.164 e. The van der Waals surface area contributed by atoms with Crippen LogP contribution in [0, 0.1) is 0 Å². The average Bonchev–Trinajstić information content (AvgIpc) is 3.93. The third kappa shape index (κ3) is 4.94. The van der Waals surface area contributed by atoms with Crippen molar-refractivity contribution < 1.29 is 9.15 Å². The van der Waals surface area contributed by atoms with Gasteiger partial charge < -0.3 is 13.7 Å². The fraction of sp³-hybridized carbons (Fsp3) is 0.0962. The molecule has 10 aromatic rings. The van der Waals surface area contributed by atoms with Crippen molar-refractivity contribution in [3.63, 3.8) is 0 Å². The number of ether oxygens (including phenoxy) is 1. The Morgan fingerprint density at radius 1 is 0.552 bits per heavy atom. The Hall–Kier alpha value is -7.31. The van der Waals surface area contributed by atoms with E-state index in [0.717, 1.165) is 61.9 Å². The van der Waals surface area contributed by atoms with Gasteiger partial charge in [0, 0.05) is 60.9 Å². The zero-order chi connectivity index (χ0) is 38.4. The summed E-state index contributed by atoms with van der Waals surface area (Å²) in [7, 11) is 0. The molecule has 1 aliphatic heterocycles. The second-order valence-electron chi connectivity index (χ2n) is 15.6. The lowest BCUT2D eigenvalue weighted by molar-refractivity contribution is 0.112. The Balaban J connectivity index is 1.01. The highest BCUT2D eigenvalue weighted by Crippen LogP contribution is 2.58. The molecule has 0 spiro atoms. The molecule has 12 rings (SSSR count). The number of nitrogens with zero attached hydrogens (tertiary/aromatic N) is 4. The van der Waals surface area contributed by atoms with Gasteiger partial charge in [0.1, 0.15) is 22.5 Å². The van der Waals surface area contributed by atoms with Crippen molar-refractivity contribution >= 4 is 43.7 Å². The number of allylic oxidation sites excluding steroid dienone is 1. The summed E-state index contributed by atoms with van der Waals surface area (Å²) < 4.78 is 16.2. The Morgan fingerprint density at radius 2 is 1.17 bits per heavy atom. The van der Waals surface area contributed by atoms with Gasteiger partial charge in [-0.2, -0.15) is 0 Å². The van der Waals surface area contributed by atoms with Crippen LogP contribution in [0.1, 0.15) is 30.9 Å². The van der Waals surface area contributed by atoms with E-state index in [1.807, 2.05) is 72.8 Å². The van der Waals surface area contributed by atoms with Crippen LogP contribution in [0.3, 0.4) is 0 Å². The van der Waals surface area contributed by atoms with Crippen molar-refractivity contribution in [3.05, 3.63) is 182 Å². The summed E-state index contributed by atoms with van der Waals surface area (Å²) in [5, 5.41) is 4.54. The summed E-state index contributed by atoms with van der Waals surface area (Å²) in [6, 6.07) is 57.1. The van der Waals surface area contributed by atoms with Crippen molar-refractivity contribution in [3.8, 4) is 51.0 Å². The van der Waals surface area contributed by atoms with Gasteiger partial charge in [-0.05, 0) is 66.9 Å². The SMILES string of the molecule is CC12C=CCC(n3c4ccccc4c4ccccc43)C1c1c(cccc1-c1ccc3c(c1)oc1cccc(-c4nc(-c5ccccc5)nc(-c5ccccc5)n4)c13)O2.